The van der Waals surface area contributed by atoms with Gasteiger partial charge in [0.2, 0.25) is 5.91 Å². The molecule has 1 aliphatic heterocycles. The molecule has 30 heavy (non-hydrogen) atoms. The summed E-state index contributed by atoms with van der Waals surface area (Å²) in [6, 6.07) is 18.5. The number of thioether (sulfide) groups is 1. The lowest BCUT2D eigenvalue weighted by atomic mass is 10.1. The van der Waals surface area contributed by atoms with E-state index in [1.54, 1.807) is 0 Å². The van der Waals surface area contributed by atoms with Crippen LogP contribution >= 0.6 is 11.8 Å². The van der Waals surface area contributed by atoms with Gasteiger partial charge in [-0.3, -0.25) is 9.36 Å². The van der Waals surface area contributed by atoms with Crippen molar-refractivity contribution in [2.45, 2.75) is 37.4 Å². The van der Waals surface area contributed by atoms with E-state index in [9.17, 15) is 4.79 Å². The fraction of sp³-hybridized carbons (Fsp3) is 0.348. The first-order valence-corrected chi connectivity index (χ1v) is 11.2. The zero-order valence-electron chi connectivity index (χ0n) is 17.1. The fourth-order valence-electron chi connectivity index (χ4n) is 3.53. The topological polar surface area (TPSA) is 69.0 Å². The molecule has 0 aliphatic carbocycles. The molecule has 6 nitrogen and oxygen atoms in total. The molecule has 4 rings (SSSR count). The van der Waals surface area contributed by atoms with E-state index >= 15 is 0 Å². The normalized spacial score (nSPS) is 16.0. The summed E-state index contributed by atoms with van der Waals surface area (Å²) in [6.45, 7) is 3.43. The third-order valence-corrected chi connectivity index (χ3v) is 5.98. The first kappa shape index (κ1) is 20.6. The highest BCUT2D eigenvalue weighted by atomic mass is 32.2. The van der Waals surface area contributed by atoms with Crippen LogP contribution < -0.4 is 5.32 Å². The highest BCUT2D eigenvalue weighted by Crippen LogP contribution is 2.24. The Balaban J connectivity index is 1.49. The van der Waals surface area contributed by atoms with E-state index in [1.807, 2.05) is 30.3 Å². The van der Waals surface area contributed by atoms with Crippen LogP contribution in [0.3, 0.4) is 0 Å². The Labute approximate surface area is 181 Å². The standard InChI is InChI=1S/C23H26N4O2S/c1-17-7-5-10-19(13-17)27-21(14-18-8-3-2-4-9-18)25-26-23(27)30-16-22(28)24-15-20-11-6-12-29-20/h2-5,7-10,13,20H,6,11-12,14-16H2,1H3,(H,24,28). The second-order valence-corrected chi connectivity index (χ2v) is 8.41. The van der Waals surface area contributed by atoms with E-state index in [2.05, 4.69) is 51.3 Å². The number of aryl methyl sites for hydroxylation is 1. The SMILES string of the molecule is Cc1cccc(-n2c(Cc3ccccc3)nnc2SCC(=O)NCC2CCCO2)c1. The zero-order valence-corrected chi connectivity index (χ0v) is 17.9. The van der Waals surface area contributed by atoms with Crippen LogP contribution in [0.4, 0.5) is 0 Å². The molecule has 7 heteroatoms. The van der Waals surface area contributed by atoms with E-state index in [-0.39, 0.29) is 12.0 Å². The summed E-state index contributed by atoms with van der Waals surface area (Å²) in [4.78, 5) is 12.3. The number of carbonyl (C=O) groups is 1. The number of hydrogen-bond acceptors (Lipinski definition) is 5. The van der Waals surface area contributed by atoms with Crippen LogP contribution in [-0.4, -0.2) is 45.7 Å². The molecule has 2 heterocycles. The minimum absolute atomic E-state index is 0.0149. The van der Waals surface area contributed by atoms with Crippen molar-refractivity contribution < 1.29 is 9.53 Å². The average molecular weight is 423 g/mol. The van der Waals surface area contributed by atoms with Crippen LogP contribution in [0.1, 0.15) is 29.8 Å². The molecule has 1 saturated heterocycles. The first-order valence-electron chi connectivity index (χ1n) is 10.3. The van der Waals surface area contributed by atoms with E-state index < -0.39 is 0 Å². The highest BCUT2D eigenvalue weighted by molar-refractivity contribution is 7.99. The first-order chi connectivity index (χ1) is 14.7. The van der Waals surface area contributed by atoms with Crippen LogP contribution in [0.2, 0.25) is 0 Å². The minimum atomic E-state index is -0.0149. The number of rotatable bonds is 8. The molecule has 0 saturated carbocycles. The second kappa shape index (κ2) is 9.91. The van der Waals surface area contributed by atoms with E-state index in [1.165, 1.54) is 17.3 Å². The smallest absolute Gasteiger partial charge is 0.230 e. The number of carbonyl (C=O) groups excluding carboxylic acids is 1. The van der Waals surface area contributed by atoms with Gasteiger partial charge < -0.3 is 10.1 Å². The molecule has 1 N–H and O–H groups in total. The van der Waals surface area contributed by atoms with Gasteiger partial charge in [0.1, 0.15) is 5.82 Å². The monoisotopic (exact) mass is 422 g/mol. The van der Waals surface area contributed by atoms with Gasteiger partial charge >= 0.3 is 0 Å². The quantitative estimate of drug-likeness (QED) is 0.562. The van der Waals surface area contributed by atoms with Crippen molar-refractivity contribution in [3.8, 4) is 5.69 Å². The average Bonchev–Trinajstić information content (AvgIpc) is 3.41. The molecule has 1 fully saturated rings. The van der Waals surface area contributed by atoms with Crippen molar-refractivity contribution in [1.82, 2.24) is 20.1 Å². The van der Waals surface area contributed by atoms with Crippen LogP contribution in [-0.2, 0) is 16.0 Å². The van der Waals surface area contributed by atoms with E-state index in [4.69, 9.17) is 4.74 Å². The lowest BCUT2D eigenvalue weighted by Gasteiger charge is -2.12. The maximum absolute atomic E-state index is 12.3. The summed E-state index contributed by atoms with van der Waals surface area (Å²) in [5.74, 6) is 1.13. The summed E-state index contributed by atoms with van der Waals surface area (Å²) < 4.78 is 7.62. The van der Waals surface area contributed by atoms with Crippen molar-refractivity contribution in [3.63, 3.8) is 0 Å². The largest absolute Gasteiger partial charge is 0.376 e. The van der Waals surface area contributed by atoms with Gasteiger partial charge in [-0.05, 0) is 43.0 Å². The molecule has 0 spiro atoms. The number of aromatic nitrogens is 3. The van der Waals surface area contributed by atoms with E-state index in [0.717, 1.165) is 41.7 Å². The Kier molecular flexibility index (Phi) is 6.81. The molecule has 2 aromatic carbocycles. The molecular formula is C23H26N4O2S. The van der Waals surface area contributed by atoms with Gasteiger partial charge in [0.05, 0.1) is 11.9 Å². The summed E-state index contributed by atoms with van der Waals surface area (Å²) >= 11 is 1.41. The number of nitrogens with one attached hydrogen (secondary N) is 1. The van der Waals surface area contributed by atoms with Crippen molar-refractivity contribution in [1.29, 1.82) is 0 Å². The molecule has 0 bridgehead atoms. The van der Waals surface area contributed by atoms with E-state index in [0.29, 0.717) is 18.7 Å². The summed E-state index contributed by atoms with van der Waals surface area (Å²) in [5.41, 5.74) is 3.34. The molecule has 0 radical (unpaired) electrons. The third kappa shape index (κ3) is 5.29. The maximum Gasteiger partial charge on any atom is 0.230 e. The minimum Gasteiger partial charge on any atom is -0.376 e. The summed E-state index contributed by atoms with van der Waals surface area (Å²) in [5, 5.41) is 12.5. The van der Waals surface area contributed by atoms with Crippen LogP contribution in [0.15, 0.2) is 59.8 Å². The lowest BCUT2D eigenvalue weighted by Crippen LogP contribution is -2.32. The molecule has 1 aliphatic rings. The van der Waals surface area contributed by atoms with Gasteiger partial charge in [-0.1, -0.05) is 54.2 Å². The predicted octanol–water partition coefficient (Wildman–Crippen LogP) is 3.55. The van der Waals surface area contributed by atoms with Crippen LogP contribution in [0.25, 0.3) is 5.69 Å². The Morgan fingerprint density at radius 2 is 2.07 bits per heavy atom. The second-order valence-electron chi connectivity index (χ2n) is 7.46. The van der Waals surface area contributed by atoms with Crippen molar-refractivity contribution >= 4 is 17.7 Å². The fourth-order valence-corrected chi connectivity index (χ4v) is 4.33. The predicted molar refractivity (Wildman–Crippen MR) is 118 cm³/mol. The molecule has 156 valence electrons. The summed E-state index contributed by atoms with van der Waals surface area (Å²) in [6.07, 6.45) is 2.90. The van der Waals surface area contributed by atoms with Gasteiger partial charge in [0, 0.05) is 25.3 Å². The molecule has 1 aromatic heterocycles. The Hall–Kier alpha value is -2.64. The maximum atomic E-state index is 12.3. The van der Waals surface area contributed by atoms with Crippen molar-refractivity contribution in [3.05, 3.63) is 71.5 Å². The number of amides is 1. The number of hydrogen-bond donors (Lipinski definition) is 1. The van der Waals surface area contributed by atoms with Gasteiger partial charge in [0.15, 0.2) is 5.16 Å². The van der Waals surface area contributed by atoms with Crippen molar-refractivity contribution in [2.75, 3.05) is 18.9 Å². The molecule has 1 unspecified atom stereocenters. The molecule has 1 atom stereocenters. The molecular weight excluding hydrogens is 396 g/mol. The third-order valence-electron chi connectivity index (χ3n) is 5.05. The summed E-state index contributed by atoms with van der Waals surface area (Å²) in [7, 11) is 0. The Morgan fingerprint density at radius 1 is 1.20 bits per heavy atom. The Morgan fingerprint density at radius 3 is 2.83 bits per heavy atom. The highest BCUT2D eigenvalue weighted by Gasteiger charge is 2.18. The molecule has 1 amide bonds. The van der Waals surface area contributed by atoms with Crippen LogP contribution in [0.5, 0.6) is 0 Å². The van der Waals surface area contributed by atoms with Gasteiger partial charge in [-0.25, -0.2) is 0 Å². The number of nitrogens with zero attached hydrogens (tertiary/aromatic N) is 3. The Bertz CT molecular complexity index is 984. The molecule has 3 aromatic rings. The zero-order chi connectivity index (χ0) is 20.8. The van der Waals surface area contributed by atoms with Crippen molar-refractivity contribution in [2.24, 2.45) is 0 Å². The number of ether oxygens (including phenoxy) is 1. The lowest BCUT2D eigenvalue weighted by molar-refractivity contribution is -0.119. The number of benzene rings is 2. The van der Waals surface area contributed by atoms with Crippen LogP contribution in [0, 0.1) is 6.92 Å². The van der Waals surface area contributed by atoms with Gasteiger partial charge in [-0.15, -0.1) is 10.2 Å². The van der Waals surface area contributed by atoms with Gasteiger partial charge in [-0.2, -0.15) is 0 Å². The van der Waals surface area contributed by atoms with Gasteiger partial charge in [0.25, 0.3) is 0 Å².